The zero-order valence-electron chi connectivity index (χ0n) is 14.2. The Morgan fingerprint density at radius 3 is 2.62 bits per heavy atom. The fourth-order valence-corrected chi connectivity index (χ4v) is 2.38. The predicted octanol–water partition coefficient (Wildman–Crippen LogP) is 3.13. The molecule has 0 atom stereocenters. The molecule has 2 rings (SSSR count). The lowest BCUT2D eigenvalue weighted by atomic mass is 10.1. The van der Waals surface area contributed by atoms with Crippen molar-refractivity contribution in [3.05, 3.63) is 65.5 Å². The lowest BCUT2D eigenvalue weighted by Crippen LogP contribution is -2.37. The van der Waals surface area contributed by atoms with Crippen LogP contribution in [0.3, 0.4) is 0 Å². The van der Waals surface area contributed by atoms with Crippen molar-refractivity contribution in [2.24, 2.45) is 4.99 Å². The summed E-state index contributed by atoms with van der Waals surface area (Å²) in [6.45, 7) is 1.44. The largest absolute Gasteiger partial charge is 0.497 e. The van der Waals surface area contributed by atoms with Gasteiger partial charge in [0.05, 0.1) is 7.11 Å². The van der Waals surface area contributed by atoms with E-state index in [0.29, 0.717) is 6.54 Å². The average Bonchev–Trinajstić information content (AvgIpc) is 2.61. The Morgan fingerprint density at radius 2 is 1.88 bits per heavy atom. The standard InChI is InChI=1S/C19H24FN3O/c1-21-19(23-14-16-7-4-10-18(13-16)24-2)22-11-5-8-15-6-3-9-17(20)12-15/h3-4,6-7,9-10,12-13H,5,8,11,14H2,1-2H3,(H2,21,22,23). The zero-order valence-corrected chi connectivity index (χ0v) is 14.2. The maximum absolute atomic E-state index is 13.1. The second-order valence-electron chi connectivity index (χ2n) is 5.44. The number of ether oxygens (including phenoxy) is 1. The SMILES string of the molecule is CN=C(NCCCc1cccc(F)c1)NCc1cccc(OC)c1. The number of guanidine groups is 1. The molecule has 0 spiro atoms. The summed E-state index contributed by atoms with van der Waals surface area (Å²) in [5.41, 5.74) is 2.13. The zero-order chi connectivity index (χ0) is 17.2. The highest BCUT2D eigenvalue weighted by Crippen LogP contribution is 2.12. The molecule has 0 saturated heterocycles. The van der Waals surface area contributed by atoms with Crippen LogP contribution in [0.5, 0.6) is 5.75 Å². The van der Waals surface area contributed by atoms with Gasteiger partial charge in [0.2, 0.25) is 0 Å². The maximum Gasteiger partial charge on any atom is 0.191 e. The number of rotatable bonds is 7. The number of halogens is 1. The van der Waals surface area contributed by atoms with Gasteiger partial charge >= 0.3 is 0 Å². The third kappa shape index (κ3) is 5.91. The smallest absolute Gasteiger partial charge is 0.191 e. The highest BCUT2D eigenvalue weighted by Gasteiger charge is 2.00. The minimum absolute atomic E-state index is 0.184. The summed E-state index contributed by atoms with van der Waals surface area (Å²) in [4.78, 5) is 4.21. The molecule has 0 aliphatic rings. The van der Waals surface area contributed by atoms with Gasteiger partial charge in [0.15, 0.2) is 5.96 Å². The number of nitrogens with one attached hydrogen (secondary N) is 2. The number of aliphatic imine (C=N–C) groups is 1. The summed E-state index contributed by atoms with van der Waals surface area (Å²) in [7, 11) is 3.40. The topological polar surface area (TPSA) is 45.7 Å². The molecule has 0 amide bonds. The Kier molecular flexibility index (Phi) is 7.08. The van der Waals surface area contributed by atoms with Crippen LogP contribution in [0.25, 0.3) is 0 Å². The number of aryl methyl sites for hydroxylation is 1. The van der Waals surface area contributed by atoms with Gasteiger partial charge in [-0.25, -0.2) is 4.39 Å². The van der Waals surface area contributed by atoms with E-state index in [-0.39, 0.29) is 5.82 Å². The van der Waals surface area contributed by atoms with Crippen molar-refractivity contribution < 1.29 is 9.13 Å². The molecule has 0 aliphatic carbocycles. The summed E-state index contributed by atoms with van der Waals surface area (Å²) < 4.78 is 18.3. The van der Waals surface area contributed by atoms with Gasteiger partial charge in [-0.3, -0.25) is 4.99 Å². The minimum atomic E-state index is -0.184. The van der Waals surface area contributed by atoms with E-state index in [2.05, 4.69) is 15.6 Å². The minimum Gasteiger partial charge on any atom is -0.497 e. The van der Waals surface area contributed by atoms with E-state index in [1.807, 2.05) is 30.3 Å². The molecule has 2 aromatic rings. The van der Waals surface area contributed by atoms with Crippen molar-refractivity contribution in [1.29, 1.82) is 0 Å². The number of hydrogen-bond acceptors (Lipinski definition) is 2. The monoisotopic (exact) mass is 329 g/mol. The highest BCUT2D eigenvalue weighted by molar-refractivity contribution is 5.79. The quantitative estimate of drug-likeness (QED) is 0.466. The molecule has 0 heterocycles. The lowest BCUT2D eigenvalue weighted by molar-refractivity contribution is 0.414. The molecule has 2 aromatic carbocycles. The number of nitrogens with zero attached hydrogens (tertiary/aromatic N) is 1. The van der Waals surface area contributed by atoms with Crippen LogP contribution in [0.15, 0.2) is 53.5 Å². The van der Waals surface area contributed by atoms with Gasteiger partial charge in [0.1, 0.15) is 11.6 Å². The maximum atomic E-state index is 13.1. The summed E-state index contributed by atoms with van der Waals surface area (Å²) >= 11 is 0. The van der Waals surface area contributed by atoms with Gasteiger partial charge in [-0.2, -0.15) is 0 Å². The predicted molar refractivity (Wildman–Crippen MR) is 95.9 cm³/mol. The first kappa shape index (κ1) is 17.8. The summed E-state index contributed by atoms with van der Waals surface area (Å²) in [5.74, 6) is 1.40. The van der Waals surface area contributed by atoms with Crippen LogP contribution < -0.4 is 15.4 Å². The molecular formula is C19H24FN3O. The molecule has 128 valence electrons. The van der Waals surface area contributed by atoms with E-state index < -0.39 is 0 Å². The number of benzene rings is 2. The van der Waals surface area contributed by atoms with Gasteiger partial charge < -0.3 is 15.4 Å². The lowest BCUT2D eigenvalue weighted by Gasteiger charge is -2.12. The van der Waals surface area contributed by atoms with Crippen LogP contribution in [-0.4, -0.2) is 26.7 Å². The van der Waals surface area contributed by atoms with Crippen molar-refractivity contribution in [2.75, 3.05) is 20.7 Å². The van der Waals surface area contributed by atoms with E-state index in [1.54, 1.807) is 26.3 Å². The van der Waals surface area contributed by atoms with Crippen LogP contribution in [0.1, 0.15) is 17.5 Å². The molecule has 0 aromatic heterocycles. The Labute approximate surface area is 142 Å². The van der Waals surface area contributed by atoms with Crippen LogP contribution in [0.2, 0.25) is 0 Å². The number of methoxy groups -OCH3 is 1. The Morgan fingerprint density at radius 1 is 1.08 bits per heavy atom. The van der Waals surface area contributed by atoms with Gasteiger partial charge in [0, 0.05) is 20.1 Å². The second kappa shape index (κ2) is 9.55. The first-order valence-corrected chi connectivity index (χ1v) is 8.03. The molecule has 4 nitrogen and oxygen atoms in total. The van der Waals surface area contributed by atoms with Crippen molar-refractivity contribution in [2.45, 2.75) is 19.4 Å². The van der Waals surface area contributed by atoms with Crippen molar-refractivity contribution >= 4 is 5.96 Å². The fourth-order valence-electron chi connectivity index (χ4n) is 2.38. The van der Waals surface area contributed by atoms with Crippen molar-refractivity contribution in [3.63, 3.8) is 0 Å². The highest BCUT2D eigenvalue weighted by atomic mass is 19.1. The molecule has 2 N–H and O–H groups in total. The average molecular weight is 329 g/mol. The van der Waals surface area contributed by atoms with Crippen LogP contribution in [0, 0.1) is 5.82 Å². The summed E-state index contributed by atoms with van der Waals surface area (Å²) in [6.07, 6.45) is 1.74. The first-order valence-electron chi connectivity index (χ1n) is 8.03. The molecule has 5 heteroatoms. The summed E-state index contributed by atoms with van der Waals surface area (Å²) in [6, 6.07) is 14.6. The molecule has 0 bridgehead atoms. The van der Waals surface area contributed by atoms with Crippen LogP contribution >= 0.6 is 0 Å². The van der Waals surface area contributed by atoms with Crippen molar-refractivity contribution in [1.82, 2.24) is 10.6 Å². The van der Waals surface area contributed by atoms with Crippen LogP contribution in [0.4, 0.5) is 4.39 Å². The van der Waals surface area contributed by atoms with E-state index in [1.165, 1.54) is 6.07 Å². The number of hydrogen-bond donors (Lipinski definition) is 2. The Bertz CT molecular complexity index is 673. The fraction of sp³-hybridized carbons (Fsp3) is 0.316. The molecule has 0 unspecified atom stereocenters. The molecule has 0 saturated carbocycles. The Hall–Kier alpha value is -2.56. The third-order valence-electron chi connectivity index (χ3n) is 3.64. The second-order valence-corrected chi connectivity index (χ2v) is 5.44. The van der Waals surface area contributed by atoms with E-state index in [0.717, 1.165) is 42.2 Å². The van der Waals surface area contributed by atoms with Gasteiger partial charge in [-0.05, 0) is 48.2 Å². The van der Waals surface area contributed by atoms with Gasteiger partial charge in [-0.1, -0.05) is 24.3 Å². The Balaban J connectivity index is 1.72. The van der Waals surface area contributed by atoms with Crippen molar-refractivity contribution in [3.8, 4) is 5.75 Å². The first-order chi connectivity index (χ1) is 11.7. The van der Waals surface area contributed by atoms with Gasteiger partial charge in [0.25, 0.3) is 0 Å². The van der Waals surface area contributed by atoms with Crippen LogP contribution in [-0.2, 0) is 13.0 Å². The van der Waals surface area contributed by atoms with E-state index in [4.69, 9.17) is 4.74 Å². The summed E-state index contributed by atoms with van der Waals surface area (Å²) in [5, 5.41) is 6.54. The molecule has 0 fully saturated rings. The van der Waals surface area contributed by atoms with E-state index in [9.17, 15) is 4.39 Å². The van der Waals surface area contributed by atoms with Gasteiger partial charge in [-0.15, -0.1) is 0 Å². The molecule has 0 aliphatic heterocycles. The molecule has 0 radical (unpaired) electrons. The van der Waals surface area contributed by atoms with E-state index >= 15 is 0 Å². The third-order valence-corrected chi connectivity index (χ3v) is 3.64. The molecule has 24 heavy (non-hydrogen) atoms. The normalized spacial score (nSPS) is 11.2. The molecular weight excluding hydrogens is 305 g/mol.